The van der Waals surface area contributed by atoms with E-state index in [4.69, 9.17) is 59.1 Å². The first-order valence-corrected chi connectivity index (χ1v) is 40.0. The summed E-state index contributed by atoms with van der Waals surface area (Å²) in [6.07, 6.45) is -0.326. The maximum absolute atomic E-state index is 12.1. The molecule has 0 aliphatic rings. The van der Waals surface area contributed by atoms with E-state index in [1.807, 2.05) is 34.6 Å². The van der Waals surface area contributed by atoms with Crippen LogP contribution in [0.2, 0.25) is 0 Å². The summed E-state index contributed by atoms with van der Waals surface area (Å²) in [4.78, 5) is 111. The van der Waals surface area contributed by atoms with E-state index in [-0.39, 0.29) is 103 Å². The van der Waals surface area contributed by atoms with Gasteiger partial charge in [-0.15, -0.1) is 0 Å². The summed E-state index contributed by atoms with van der Waals surface area (Å²) >= 11 is 5.13. The van der Waals surface area contributed by atoms with Crippen LogP contribution in [0.25, 0.3) is 0 Å². The molecule has 0 bridgehead atoms. The predicted molar refractivity (Wildman–Crippen MR) is 409 cm³/mol. The van der Waals surface area contributed by atoms with Gasteiger partial charge in [0.25, 0.3) is 19.2 Å². The van der Waals surface area contributed by atoms with Crippen molar-refractivity contribution >= 4 is 132 Å². The van der Waals surface area contributed by atoms with E-state index in [0.717, 1.165) is 22.9 Å². The molecule has 0 aromatic heterocycles. The molecule has 0 spiro atoms. The molecule has 0 saturated heterocycles. The van der Waals surface area contributed by atoms with Gasteiger partial charge in [0, 0.05) is 39.2 Å². The van der Waals surface area contributed by atoms with Gasteiger partial charge in [0.15, 0.2) is 10.5 Å². The molecular formula is C72H121Cl2KO26S5. The maximum Gasteiger partial charge on any atom is 1.00 e. The number of carbonyl (C=O) groups is 10. The fourth-order valence-electron chi connectivity index (χ4n) is 5.63. The number of thioether (sulfide) groups is 1. The zero-order valence-electron chi connectivity index (χ0n) is 69.1. The Morgan fingerprint density at radius 3 is 0.991 bits per heavy atom. The third-order valence-corrected chi connectivity index (χ3v) is 16.4. The molecule has 0 radical (unpaired) electrons. The number of aliphatic hydroxyl groups excluding tert-OH is 1. The smallest absolute Gasteiger partial charge is 0.742 e. The molecule has 2 rings (SSSR count). The van der Waals surface area contributed by atoms with Crippen molar-refractivity contribution in [3.63, 3.8) is 0 Å². The zero-order chi connectivity index (χ0) is 85.3. The molecule has 26 nitrogen and oxygen atoms in total. The van der Waals surface area contributed by atoms with E-state index in [1.54, 1.807) is 170 Å². The molecular weight excluding hydrogens is 1550 g/mol. The Morgan fingerprint density at radius 1 is 0.425 bits per heavy atom. The van der Waals surface area contributed by atoms with Gasteiger partial charge in [-0.05, 0) is 239 Å². The number of carbonyl (C=O) groups excluding carboxylic acids is 10. The molecule has 0 amide bonds. The van der Waals surface area contributed by atoms with Crippen LogP contribution in [0.3, 0.4) is 0 Å². The number of methoxy groups -OCH3 is 2. The Kier molecular flexibility index (Phi) is 52.4. The quantitative estimate of drug-likeness (QED) is 0.0275. The molecule has 0 fully saturated rings. The molecule has 2 aromatic rings. The molecule has 0 aliphatic carbocycles. The number of benzene rings is 2. The molecule has 0 heterocycles. The van der Waals surface area contributed by atoms with E-state index in [0.29, 0.717) is 5.75 Å². The third kappa shape index (κ3) is 63.8. The standard InChI is InChI=1S/C16H24O5S.C11H20O3S.C10H18O4.C9H17ClO4S.C9H18O3.C8H14O4.C7H7ClO2S.C2H4OS.K/c1-12-7-9-13(10-8-12)22(18,19)20-11-16(5,6)14(17)21-15(2,3)4;1-8(12)15-7-11(5,6)9(13)14-10(2,3)4;1-9(2,3)14-8(12)10(4,5)7(11)13-6;1-8(2,3)14-7(11)9(4,5)6-15(10,12)13;1-8(2,3)12-7(11)9(4,5)6-10;1-8(2,3)12-7(10)5-6(9)11-4;1-6-2-4-7(5-3-6)11(8,9)10;1-2(3)4;/h7-10H,11H2,1-6H3;7H2,1-6H3;1-6H3;6H2,1-5H3;10H,6H2,1-5H3;5H2,1-4H3;2-5H,1H3;1H3,(H,3,4);/q;;;;;;;;+1/p-1. The first-order valence-electron chi connectivity index (χ1n) is 32.5. The summed E-state index contributed by atoms with van der Waals surface area (Å²) in [6, 6.07) is 12.7. The Bertz CT molecular complexity index is 3470. The van der Waals surface area contributed by atoms with Crippen LogP contribution in [0, 0.1) is 40.9 Å². The number of esters is 8. The monoisotopic (exact) mass is 1670 g/mol. The molecule has 34 heteroatoms. The van der Waals surface area contributed by atoms with Crippen LogP contribution in [0.4, 0.5) is 0 Å². The molecule has 1 N–H and O–H groups in total. The maximum atomic E-state index is 12.1. The summed E-state index contributed by atoms with van der Waals surface area (Å²) in [5.41, 5.74) is -6.28. The average Bonchev–Trinajstić information content (AvgIpc) is 0.704. The summed E-state index contributed by atoms with van der Waals surface area (Å²) in [5, 5.41) is 8.63. The third-order valence-electron chi connectivity index (χ3n) is 11.1. The number of ether oxygens (including phenoxy) is 8. The van der Waals surface area contributed by atoms with Gasteiger partial charge >= 0.3 is 99.1 Å². The van der Waals surface area contributed by atoms with Gasteiger partial charge in [0.1, 0.15) is 40.0 Å². The molecule has 0 unspecified atom stereocenters. The van der Waals surface area contributed by atoms with Crippen molar-refractivity contribution in [3.8, 4) is 0 Å². The average molecular weight is 1670 g/mol. The molecule has 2 aromatic carbocycles. The zero-order valence-corrected chi connectivity index (χ0v) is 77.8. The Morgan fingerprint density at radius 2 is 0.717 bits per heavy atom. The molecule has 610 valence electrons. The first kappa shape index (κ1) is 115. The fraction of sp³-hybridized carbons (Fsp3) is 0.694. The summed E-state index contributed by atoms with van der Waals surface area (Å²) in [6.45, 7) is 53.9. The minimum atomic E-state index is -3.90. The fourth-order valence-corrected chi connectivity index (χ4v) is 9.94. The van der Waals surface area contributed by atoms with E-state index >= 15 is 0 Å². The van der Waals surface area contributed by atoms with E-state index < -0.39 is 130 Å². The second-order valence-corrected chi connectivity index (χ2v) is 41.1. The first-order chi connectivity index (χ1) is 46.1. The van der Waals surface area contributed by atoms with E-state index in [2.05, 4.69) is 22.1 Å². The van der Waals surface area contributed by atoms with Crippen LogP contribution < -0.4 is 51.4 Å². The van der Waals surface area contributed by atoms with Crippen molar-refractivity contribution < 1.29 is 172 Å². The van der Waals surface area contributed by atoms with Crippen molar-refractivity contribution in [2.24, 2.45) is 27.1 Å². The topological polar surface area (TPSA) is 376 Å². The Labute approximate surface area is 694 Å². The molecule has 106 heavy (non-hydrogen) atoms. The van der Waals surface area contributed by atoms with Crippen molar-refractivity contribution in [3.05, 3.63) is 59.7 Å². The second kappa shape index (κ2) is 48.1. The van der Waals surface area contributed by atoms with Crippen molar-refractivity contribution in [2.75, 3.05) is 38.9 Å². The van der Waals surface area contributed by atoms with Gasteiger partial charge in [-0.25, -0.2) is 16.8 Å². The number of aryl methyl sites for hydroxylation is 2. The van der Waals surface area contributed by atoms with Gasteiger partial charge in [-0.1, -0.05) is 47.2 Å². The van der Waals surface area contributed by atoms with Gasteiger partial charge in [0.05, 0.1) is 64.6 Å². The molecule has 0 aliphatic heterocycles. The van der Waals surface area contributed by atoms with Crippen LogP contribution in [0.5, 0.6) is 0 Å². The van der Waals surface area contributed by atoms with Gasteiger partial charge in [-0.3, -0.25) is 47.3 Å². The normalized spacial score (nSPS) is 12.1. The minimum Gasteiger partial charge on any atom is -0.742 e. The Hall–Kier alpha value is -3.90. The number of hydrogen-bond acceptors (Lipinski definition) is 28. The Balaban J connectivity index is -0.000000216. The van der Waals surface area contributed by atoms with Crippen molar-refractivity contribution in [1.82, 2.24) is 0 Å². The summed E-state index contributed by atoms with van der Waals surface area (Å²) < 4.78 is 112. The van der Waals surface area contributed by atoms with Crippen LogP contribution in [0.1, 0.15) is 225 Å². The number of rotatable bonds is 18. The summed E-state index contributed by atoms with van der Waals surface area (Å²) in [5.74, 6) is -3.98. The second-order valence-electron chi connectivity index (χ2n) is 32.4. The van der Waals surface area contributed by atoms with Crippen molar-refractivity contribution in [1.29, 1.82) is 0 Å². The van der Waals surface area contributed by atoms with Crippen LogP contribution in [-0.2, 0) is 131 Å². The van der Waals surface area contributed by atoms with Crippen LogP contribution >= 0.6 is 33.1 Å². The van der Waals surface area contributed by atoms with Crippen molar-refractivity contribution in [2.45, 2.75) is 271 Å². The van der Waals surface area contributed by atoms with Gasteiger partial charge in [-0.2, -0.15) is 8.42 Å². The number of hydrogen-bond donors (Lipinski definition) is 1. The number of halogens is 2. The minimum absolute atomic E-state index is 0. The van der Waals surface area contributed by atoms with E-state index in [1.165, 1.54) is 80.0 Å². The predicted octanol–water partition coefficient (Wildman–Crippen LogP) is 10.4. The van der Waals surface area contributed by atoms with Gasteiger partial charge in [0.2, 0.25) is 9.05 Å². The SMILES string of the molecule is CC(=O)SCC(C)(C)C(=O)OC(C)(C)C.CC(=O)[S-].CC(C)(C)OC(=O)C(C)(C)CO.CC(C)(C)OC(=O)C(C)(C)CS(=O)(=O)Cl.COC(=O)C(C)(C)C(=O)OC(C)(C)C.COC(=O)CC(=O)OC(C)(C)C.Cc1ccc(S(=O)(=O)Cl)cc1.Cc1ccc(S(=O)(=O)OCC(C)(C)C(=O)OC(C)(C)C)cc1.[K+]. The number of aliphatic hydroxyl groups is 1. The van der Waals surface area contributed by atoms with Crippen LogP contribution in [-0.4, -0.2) is 161 Å². The van der Waals surface area contributed by atoms with E-state index in [9.17, 15) is 73.2 Å². The largest absolute Gasteiger partial charge is 1.00 e. The van der Waals surface area contributed by atoms with Gasteiger partial charge < -0.3 is 60.4 Å². The summed E-state index contributed by atoms with van der Waals surface area (Å²) in [7, 11) is 1.50. The molecule has 0 atom stereocenters. The molecule has 0 saturated carbocycles. The van der Waals surface area contributed by atoms with Crippen LogP contribution in [0.15, 0.2) is 58.3 Å².